The van der Waals surface area contributed by atoms with E-state index in [1.807, 2.05) is 11.4 Å². The Bertz CT molecular complexity index is 1240. The van der Waals surface area contributed by atoms with Crippen molar-refractivity contribution in [2.45, 2.75) is 10.9 Å². The minimum atomic E-state index is -4.03. The molecule has 3 aromatic rings. The van der Waals surface area contributed by atoms with Crippen LogP contribution in [0.1, 0.15) is 21.3 Å². The number of thiophene rings is 1. The van der Waals surface area contributed by atoms with Gasteiger partial charge in [0.25, 0.3) is 15.9 Å². The standard InChI is InChI=1S/C24H26ClN3O5S2/c1-32-19-7-5-18(6-8-19)27-35(30,31)23-15-17(4-9-20(23)25)24(29)26-16-21(22-3-2-14-34-22)28-10-12-33-13-11-28/h2-9,14-15,21,27H,10-13,16H2,1H3,(H,26,29)/t21-/m0/s1. The number of nitrogens with zero attached hydrogens (tertiary/aromatic N) is 1. The molecule has 1 amide bonds. The van der Waals surface area contributed by atoms with Gasteiger partial charge in [0.1, 0.15) is 10.6 Å². The van der Waals surface area contributed by atoms with Crippen LogP contribution in [-0.4, -0.2) is 59.2 Å². The average Bonchev–Trinajstić information content (AvgIpc) is 3.40. The first-order chi connectivity index (χ1) is 16.9. The molecule has 0 aliphatic carbocycles. The summed E-state index contributed by atoms with van der Waals surface area (Å²) in [5, 5.41) is 4.99. The molecule has 1 saturated heterocycles. The number of morpholine rings is 1. The predicted molar refractivity (Wildman–Crippen MR) is 137 cm³/mol. The highest BCUT2D eigenvalue weighted by Crippen LogP contribution is 2.27. The molecule has 2 N–H and O–H groups in total. The number of ether oxygens (including phenoxy) is 2. The second kappa shape index (κ2) is 11.4. The summed E-state index contributed by atoms with van der Waals surface area (Å²) in [5.41, 5.74) is 0.553. The highest BCUT2D eigenvalue weighted by molar-refractivity contribution is 7.92. The lowest BCUT2D eigenvalue weighted by Gasteiger charge is -2.34. The van der Waals surface area contributed by atoms with Gasteiger partial charge in [-0.15, -0.1) is 11.3 Å². The molecule has 1 aliphatic rings. The lowest BCUT2D eigenvalue weighted by molar-refractivity contribution is 0.0169. The zero-order valence-electron chi connectivity index (χ0n) is 19.1. The zero-order valence-corrected chi connectivity index (χ0v) is 21.5. The van der Waals surface area contributed by atoms with Crippen LogP contribution in [0.25, 0.3) is 0 Å². The highest BCUT2D eigenvalue weighted by atomic mass is 35.5. The summed E-state index contributed by atoms with van der Waals surface area (Å²) in [4.78, 5) is 16.3. The molecule has 8 nitrogen and oxygen atoms in total. The number of halogens is 1. The molecule has 1 fully saturated rings. The molecule has 1 aromatic heterocycles. The Morgan fingerprint density at radius 2 is 1.91 bits per heavy atom. The smallest absolute Gasteiger partial charge is 0.263 e. The molecule has 4 rings (SSSR count). The van der Waals surface area contributed by atoms with Crippen LogP contribution in [0.2, 0.25) is 5.02 Å². The number of hydrogen-bond acceptors (Lipinski definition) is 7. The first kappa shape index (κ1) is 25.5. The molecular formula is C24H26ClN3O5S2. The maximum absolute atomic E-state index is 13.0. The Morgan fingerprint density at radius 1 is 1.17 bits per heavy atom. The third-order valence-corrected chi connectivity index (χ3v) is 8.48. The van der Waals surface area contributed by atoms with Gasteiger partial charge in [0.05, 0.1) is 31.4 Å². The van der Waals surface area contributed by atoms with Gasteiger partial charge >= 0.3 is 0 Å². The largest absolute Gasteiger partial charge is 0.497 e. The zero-order chi connectivity index (χ0) is 24.8. The van der Waals surface area contributed by atoms with Crippen molar-refractivity contribution in [3.8, 4) is 5.75 Å². The number of nitrogens with one attached hydrogen (secondary N) is 2. The average molecular weight is 536 g/mol. The molecule has 1 aliphatic heterocycles. The molecule has 0 unspecified atom stereocenters. The van der Waals surface area contributed by atoms with Crippen molar-refractivity contribution >= 4 is 44.6 Å². The van der Waals surface area contributed by atoms with Crippen molar-refractivity contribution in [2.24, 2.45) is 0 Å². The van der Waals surface area contributed by atoms with Crippen LogP contribution in [0.5, 0.6) is 5.75 Å². The van der Waals surface area contributed by atoms with Crippen molar-refractivity contribution in [1.29, 1.82) is 0 Å². The second-order valence-corrected chi connectivity index (χ2v) is 10.9. The van der Waals surface area contributed by atoms with Gasteiger partial charge in [0.15, 0.2) is 0 Å². The van der Waals surface area contributed by atoms with Crippen LogP contribution in [0, 0.1) is 0 Å². The monoisotopic (exact) mass is 535 g/mol. The maximum atomic E-state index is 13.0. The van der Waals surface area contributed by atoms with Crippen molar-refractivity contribution < 1.29 is 22.7 Å². The molecule has 0 bridgehead atoms. The lowest BCUT2D eigenvalue weighted by Crippen LogP contribution is -2.43. The van der Waals surface area contributed by atoms with E-state index in [1.165, 1.54) is 25.3 Å². The molecule has 186 valence electrons. The number of methoxy groups -OCH3 is 1. The van der Waals surface area contributed by atoms with E-state index in [0.717, 1.165) is 18.0 Å². The Hall–Kier alpha value is -2.63. The summed E-state index contributed by atoms with van der Waals surface area (Å²) in [7, 11) is -2.50. The summed E-state index contributed by atoms with van der Waals surface area (Å²) in [6.45, 7) is 3.23. The summed E-state index contributed by atoms with van der Waals surface area (Å²) < 4.78 is 39.1. The van der Waals surface area contributed by atoms with E-state index >= 15 is 0 Å². The second-order valence-electron chi connectivity index (χ2n) is 7.87. The fourth-order valence-electron chi connectivity index (χ4n) is 3.79. The van der Waals surface area contributed by atoms with E-state index in [-0.39, 0.29) is 27.4 Å². The van der Waals surface area contributed by atoms with Crippen LogP contribution in [0.3, 0.4) is 0 Å². The third kappa shape index (κ3) is 6.33. The van der Waals surface area contributed by atoms with Gasteiger partial charge < -0.3 is 14.8 Å². The third-order valence-electron chi connectivity index (χ3n) is 5.64. The summed E-state index contributed by atoms with van der Waals surface area (Å²) in [6.07, 6.45) is 0. The van der Waals surface area contributed by atoms with E-state index in [2.05, 4.69) is 21.0 Å². The molecule has 2 aromatic carbocycles. The molecule has 0 radical (unpaired) electrons. The number of hydrogen-bond donors (Lipinski definition) is 2. The van der Waals surface area contributed by atoms with E-state index in [1.54, 1.807) is 35.6 Å². The number of amides is 1. The van der Waals surface area contributed by atoms with Crippen molar-refractivity contribution in [2.75, 3.05) is 44.7 Å². The van der Waals surface area contributed by atoms with E-state index in [0.29, 0.717) is 31.2 Å². The number of rotatable bonds is 9. The molecule has 35 heavy (non-hydrogen) atoms. The van der Waals surface area contributed by atoms with Gasteiger partial charge in [-0.05, 0) is 53.9 Å². The van der Waals surface area contributed by atoms with Crippen LogP contribution in [0.4, 0.5) is 5.69 Å². The van der Waals surface area contributed by atoms with Crippen molar-refractivity contribution in [3.63, 3.8) is 0 Å². The van der Waals surface area contributed by atoms with Crippen LogP contribution in [0.15, 0.2) is 64.9 Å². The number of anilines is 1. The van der Waals surface area contributed by atoms with Crippen molar-refractivity contribution in [3.05, 3.63) is 75.4 Å². The van der Waals surface area contributed by atoms with Crippen LogP contribution in [-0.2, 0) is 14.8 Å². The number of carbonyl (C=O) groups is 1. The van der Waals surface area contributed by atoms with Gasteiger partial charge in [-0.1, -0.05) is 17.7 Å². The minimum Gasteiger partial charge on any atom is -0.497 e. The molecular weight excluding hydrogens is 510 g/mol. The normalized spacial score (nSPS) is 15.4. The predicted octanol–water partition coefficient (Wildman–Crippen LogP) is 4.01. The SMILES string of the molecule is COc1ccc(NS(=O)(=O)c2cc(C(=O)NC[C@@H](c3cccs3)N3CCOCC3)ccc2Cl)cc1. The van der Waals surface area contributed by atoms with Gasteiger partial charge in [0.2, 0.25) is 0 Å². The molecule has 0 spiro atoms. The summed E-state index contributed by atoms with van der Waals surface area (Å²) in [6, 6.07) is 14.7. The first-order valence-corrected chi connectivity index (χ1v) is 13.7. The van der Waals surface area contributed by atoms with Crippen molar-refractivity contribution in [1.82, 2.24) is 10.2 Å². The topological polar surface area (TPSA) is 97.0 Å². The van der Waals surface area contributed by atoms with E-state index in [4.69, 9.17) is 21.1 Å². The molecule has 11 heteroatoms. The highest BCUT2D eigenvalue weighted by Gasteiger charge is 2.25. The number of benzene rings is 2. The van der Waals surface area contributed by atoms with Gasteiger partial charge in [-0.2, -0.15) is 0 Å². The Morgan fingerprint density at radius 3 is 2.57 bits per heavy atom. The quantitative estimate of drug-likeness (QED) is 0.429. The van der Waals surface area contributed by atoms with Gasteiger partial charge in [-0.3, -0.25) is 14.4 Å². The number of carbonyl (C=O) groups excluding carboxylic acids is 1. The summed E-state index contributed by atoms with van der Waals surface area (Å²) in [5.74, 6) is 0.222. The molecule has 1 atom stereocenters. The lowest BCUT2D eigenvalue weighted by atomic mass is 10.1. The fourth-order valence-corrected chi connectivity index (χ4v) is 6.24. The van der Waals surface area contributed by atoms with Crippen LogP contribution < -0.4 is 14.8 Å². The van der Waals surface area contributed by atoms with Gasteiger partial charge in [-0.25, -0.2) is 8.42 Å². The molecule has 0 saturated carbocycles. The first-order valence-electron chi connectivity index (χ1n) is 11.0. The van der Waals surface area contributed by atoms with Gasteiger partial charge in [0, 0.05) is 35.8 Å². The fraction of sp³-hybridized carbons (Fsp3) is 0.292. The minimum absolute atomic E-state index is 0.00934. The van der Waals surface area contributed by atoms with Crippen LogP contribution >= 0.6 is 22.9 Å². The van der Waals surface area contributed by atoms with E-state index in [9.17, 15) is 13.2 Å². The Kier molecular flexibility index (Phi) is 8.30. The maximum Gasteiger partial charge on any atom is 0.263 e. The van der Waals surface area contributed by atoms with E-state index < -0.39 is 10.0 Å². The summed E-state index contributed by atoms with van der Waals surface area (Å²) >= 11 is 7.84. The molecule has 2 heterocycles. The number of sulfonamides is 1. The Balaban J connectivity index is 1.49. The Labute approximate surface area is 213 Å².